The smallest absolute Gasteiger partial charge is 0.286 e. The van der Waals surface area contributed by atoms with Gasteiger partial charge in [-0.2, -0.15) is 0 Å². The van der Waals surface area contributed by atoms with Crippen molar-refractivity contribution in [2.75, 3.05) is 19.6 Å². The highest BCUT2D eigenvalue weighted by Crippen LogP contribution is 2.33. The zero-order chi connectivity index (χ0) is 24.6. The van der Waals surface area contributed by atoms with E-state index < -0.39 is 5.91 Å². The zero-order valence-electron chi connectivity index (χ0n) is 20.2. The monoisotopic (exact) mass is 471 g/mol. The minimum Gasteiger partial charge on any atom is -0.342 e. The SMILES string of the molecule is C[C@@H](NCC1CCN(C(=O)CCCC(=O)N=O)CC1c1ccccc1)c1cccc2ccccc12. The molecule has 6 nitrogen and oxygen atoms in total. The molecule has 1 heterocycles. The lowest BCUT2D eigenvalue weighted by atomic mass is 9.80. The first-order valence-electron chi connectivity index (χ1n) is 12.5. The number of carbonyl (C=O) groups is 2. The molecule has 4 rings (SSSR count). The summed E-state index contributed by atoms with van der Waals surface area (Å²) in [6.07, 6.45) is 1.58. The van der Waals surface area contributed by atoms with Crippen LogP contribution in [0.2, 0.25) is 0 Å². The van der Waals surface area contributed by atoms with E-state index in [9.17, 15) is 14.5 Å². The quantitative estimate of drug-likeness (QED) is 0.413. The summed E-state index contributed by atoms with van der Waals surface area (Å²) in [4.78, 5) is 36.2. The Kier molecular flexibility index (Phi) is 8.37. The molecule has 6 heteroatoms. The molecule has 2 amide bonds. The molecule has 1 saturated heterocycles. The number of nitrogens with zero attached hydrogens (tertiary/aromatic N) is 2. The standard InChI is InChI=1S/C29H33N3O3/c1-21(25-14-7-12-22-11-5-6-13-26(22)25)30-19-24-17-18-32(29(34)16-8-15-28(33)31-35)20-27(24)23-9-3-2-4-10-23/h2-7,9-14,21,24,27,30H,8,15-20H2,1H3/t21-,24?,27?/m1/s1. The summed E-state index contributed by atoms with van der Waals surface area (Å²) < 4.78 is 0. The van der Waals surface area contributed by atoms with Gasteiger partial charge in [0.1, 0.15) is 0 Å². The largest absolute Gasteiger partial charge is 0.342 e. The third kappa shape index (κ3) is 6.20. The van der Waals surface area contributed by atoms with E-state index in [0.29, 0.717) is 25.4 Å². The second-order valence-electron chi connectivity index (χ2n) is 9.44. The molecule has 3 aromatic rings. The van der Waals surface area contributed by atoms with Gasteiger partial charge in [0, 0.05) is 43.1 Å². The molecule has 2 unspecified atom stereocenters. The van der Waals surface area contributed by atoms with Crippen molar-refractivity contribution in [3.05, 3.63) is 88.8 Å². The van der Waals surface area contributed by atoms with Gasteiger partial charge in [-0.3, -0.25) is 9.59 Å². The van der Waals surface area contributed by atoms with Gasteiger partial charge in [0.15, 0.2) is 0 Å². The number of nitroso groups, excluding NO2 is 1. The maximum absolute atomic E-state index is 12.8. The van der Waals surface area contributed by atoms with Gasteiger partial charge < -0.3 is 10.2 Å². The molecule has 0 spiro atoms. The molecule has 182 valence electrons. The van der Waals surface area contributed by atoms with Gasteiger partial charge in [-0.1, -0.05) is 72.8 Å². The minimum absolute atomic E-state index is 0.0315. The van der Waals surface area contributed by atoms with Crippen LogP contribution in [0.5, 0.6) is 0 Å². The number of nitrogens with one attached hydrogen (secondary N) is 1. The first-order valence-corrected chi connectivity index (χ1v) is 12.5. The summed E-state index contributed by atoms with van der Waals surface area (Å²) in [6, 6.07) is 25.6. The predicted molar refractivity (Wildman–Crippen MR) is 139 cm³/mol. The topological polar surface area (TPSA) is 78.8 Å². The molecule has 1 N–H and O–H groups in total. The van der Waals surface area contributed by atoms with Crippen molar-refractivity contribution in [1.29, 1.82) is 0 Å². The van der Waals surface area contributed by atoms with E-state index in [0.717, 1.165) is 13.0 Å². The Morgan fingerprint density at radius 1 is 1.00 bits per heavy atom. The van der Waals surface area contributed by atoms with E-state index in [1.807, 2.05) is 11.0 Å². The number of rotatable bonds is 9. The number of benzene rings is 3. The van der Waals surface area contributed by atoms with Crippen molar-refractivity contribution >= 4 is 22.6 Å². The molecule has 1 aliphatic rings. The van der Waals surface area contributed by atoms with E-state index in [1.165, 1.54) is 21.9 Å². The fourth-order valence-electron chi connectivity index (χ4n) is 5.21. The Hall–Kier alpha value is -3.38. The first-order chi connectivity index (χ1) is 17.1. The van der Waals surface area contributed by atoms with Crippen LogP contribution >= 0.6 is 0 Å². The van der Waals surface area contributed by atoms with Crippen molar-refractivity contribution in [3.63, 3.8) is 0 Å². The molecule has 35 heavy (non-hydrogen) atoms. The van der Waals surface area contributed by atoms with Crippen molar-refractivity contribution in [2.24, 2.45) is 11.1 Å². The Morgan fingerprint density at radius 3 is 2.54 bits per heavy atom. The van der Waals surface area contributed by atoms with Crippen molar-refractivity contribution in [1.82, 2.24) is 10.2 Å². The molecule has 0 bridgehead atoms. The summed E-state index contributed by atoms with van der Waals surface area (Å²) in [5.41, 5.74) is 2.54. The van der Waals surface area contributed by atoms with Gasteiger partial charge in [-0.05, 0) is 54.1 Å². The third-order valence-electron chi connectivity index (χ3n) is 7.20. The number of carbonyl (C=O) groups excluding carboxylic acids is 2. The third-order valence-corrected chi connectivity index (χ3v) is 7.20. The Labute approximate surface area is 206 Å². The molecule has 3 aromatic carbocycles. The average molecular weight is 472 g/mol. The summed E-state index contributed by atoms with van der Waals surface area (Å²) in [6.45, 7) is 4.45. The molecule has 0 aromatic heterocycles. The Bertz CT molecular complexity index is 1160. The lowest BCUT2D eigenvalue weighted by molar-refractivity contribution is -0.133. The average Bonchev–Trinajstić information content (AvgIpc) is 2.91. The van der Waals surface area contributed by atoms with Crippen LogP contribution < -0.4 is 5.32 Å². The van der Waals surface area contributed by atoms with Gasteiger partial charge in [-0.25, -0.2) is 0 Å². The fraction of sp³-hybridized carbons (Fsp3) is 0.379. The molecule has 0 radical (unpaired) electrons. The van der Waals surface area contributed by atoms with Crippen LogP contribution in [0.1, 0.15) is 55.7 Å². The number of amides is 2. The van der Waals surface area contributed by atoms with E-state index in [1.54, 1.807) is 0 Å². The highest BCUT2D eigenvalue weighted by molar-refractivity contribution is 5.86. The van der Waals surface area contributed by atoms with E-state index in [2.05, 4.69) is 84.1 Å². The summed E-state index contributed by atoms with van der Waals surface area (Å²) in [5.74, 6) is -0.00988. The van der Waals surface area contributed by atoms with Gasteiger partial charge in [0.25, 0.3) is 5.91 Å². The van der Waals surface area contributed by atoms with Gasteiger partial charge in [-0.15, -0.1) is 4.91 Å². The predicted octanol–water partition coefficient (Wildman–Crippen LogP) is 5.59. The number of piperidine rings is 1. The molecular formula is C29H33N3O3. The van der Waals surface area contributed by atoms with Gasteiger partial charge >= 0.3 is 0 Å². The van der Waals surface area contributed by atoms with Crippen LogP contribution in [0.3, 0.4) is 0 Å². The highest BCUT2D eigenvalue weighted by Gasteiger charge is 2.32. The maximum atomic E-state index is 12.8. The molecule has 1 aliphatic heterocycles. The van der Waals surface area contributed by atoms with E-state index in [4.69, 9.17) is 0 Å². The maximum Gasteiger partial charge on any atom is 0.286 e. The molecular weight excluding hydrogens is 438 g/mol. The Balaban J connectivity index is 1.42. The lowest BCUT2D eigenvalue weighted by Crippen LogP contribution is -2.45. The second kappa shape index (κ2) is 11.8. The molecule has 0 saturated carbocycles. The lowest BCUT2D eigenvalue weighted by Gasteiger charge is -2.39. The number of likely N-dealkylation sites (tertiary alicyclic amines) is 1. The van der Waals surface area contributed by atoms with Crippen LogP contribution in [0.4, 0.5) is 0 Å². The summed E-state index contributed by atoms with van der Waals surface area (Å²) >= 11 is 0. The van der Waals surface area contributed by atoms with E-state index >= 15 is 0 Å². The van der Waals surface area contributed by atoms with E-state index in [-0.39, 0.29) is 30.7 Å². The Morgan fingerprint density at radius 2 is 1.74 bits per heavy atom. The number of hydrogen-bond donors (Lipinski definition) is 1. The summed E-state index contributed by atoms with van der Waals surface area (Å²) in [5, 5.41) is 8.71. The minimum atomic E-state index is -0.690. The van der Waals surface area contributed by atoms with Crippen LogP contribution in [0.25, 0.3) is 10.8 Å². The first kappa shape index (κ1) is 24.7. The zero-order valence-corrected chi connectivity index (χ0v) is 20.2. The molecule has 1 fully saturated rings. The van der Waals surface area contributed by atoms with Crippen LogP contribution in [-0.4, -0.2) is 36.3 Å². The van der Waals surface area contributed by atoms with Crippen molar-refractivity contribution in [2.45, 2.75) is 44.6 Å². The van der Waals surface area contributed by atoms with Crippen LogP contribution in [-0.2, 0) is 9.59 Å². The van der Waals surface area contributed by atoms with Crippen molar-refractivity contribution < 1.29 is 9.59 Å². The number of hydrogen-bond acceptors (Lipinski definition) is 4. The van der Waals surface area contributed by atoms with Crippen LogP contribution in [0, 0.1) is 10.8 Å². The molecule has 0 aliphatic carbocycles. The van der Waals surface area contributed by atoms with Crippen molar-refractivity contribution in [3.8, 4) is 0 Å². The highest BCUT2D eigenvalue weighted by atomic mass is 16.3. The fourth-order valence-corrected chi connectivity index (χ4v) is 5.21. The summed E-state index contributed by atoms with van der Waals surface area (Å²) in [7, 11) is 0. The van der Waals surface area contributed by atoms with Gasteiger partial charge in [0.2, 0.25) is 5.91 Å². The number of fused-ring (bicyclic) bond motifs is 1. The molecule has 3 atom stereocenters. The van der Waals surface area contributed by atoms with Gasteiger partial charge in [0.05, 0.1) is 0 Å². The normalized spacial score (nSPS) is 18.8. The second-order valence-corrected chi connectivity index (χ2v) is 9.44. The van der Waals surface area contributed by atoms with Crippen LogP contribution in [0.15, 0.2) is 78.0 Å².